The van der Waals surface area contributed by atoms with Crippen molar-refractivity contribution >= 4 is 11.8 Å². The lowest BCUT2D eigenvalue weighted by atomic mass is 10.0. The van der Waals surface area contributed by atoms with E-state index in [0.29, 0.717) is 19.2 Å². The topological polar surface area (TPSA) is 101 Å². The van der Waals surface area contributed by atoms with Gasteiger partial charge in [-0.3, -0.25) is 14.4 Å². The Morgan fingerprint density at radius 3 is 2.77 bits per heavy atom. The fourth-order valence-electron chi connectivity index (χ4n) is 4.12. The number of hydrogen-bond donors (Lipinski definition) is 2. The number of pyridine rings is 1. The molecule has 5 rings (SSSR count). The number of hydrogen-bond acceptors (Lipinski definition) is 5. The Morgan fingerprint density at radius 1 is 1.29 bits per heavy atom. The van der Waals surface area contributed by atoms with Crippen molar-refractivity contribution in [3.05, 3.63) is 63.1 Å². The van der Waals surface area contributed by atoms with Gasteiger partial charge < -0.3 is 24.6 Å². The van der Waals surface area contributed by atoms with E-state index in [2.05, 4.69) is 5.32 Å². The zero-order chi connectivity index (χ0) is 21.9. The highest BCUT2D eigenvalue weighted by atomic mass is 19.1. The monoisotopic (exact) mass is 431 g/mol. The summed E-state index contributed by atoms with van der Waals surface area (Å²) in [5.41, 5.74) is -1.55. The summed E-state index contributed by atoms with van der Waals surface area (Å²) in [5, 5.41) is 12.8. The Bertz CT molecular complexity index is 1170. The maximum absolute atomic E-state index is 13.8. The van der Waals surface area contributed by atoms with Crippen molar-refractivity contribution < 1.29 is 28.2 Å². The van der Waals surface area contributed by atoms with Gasteiger partial charge in [0.15, 0.2) is 17.7 Å². The van der Waals surface area contributed by atoms with Crippen LogP contribution in [0, 0.1) is 17.0 Å². The first-order valence-corrected chi connectivity index (χ1v) is 9.89. The molecule has 1 aromatic heterocycles. The first-order chi connectivity index (χ1) is 14.8. The number of benzene rings is 1. The Labute approximate surface area is 175 Å². The van der Waals surface area contributed by atoms with E-state index in [4.69, 9.17) is 4.74 Å². The molecule has 2 fully saturated rings. The first kappa shape index (κ1) is 19.7. The number of fused-ring (bicyclic) bond motifs is 2. The van der Waals surface area contributed by atoms with Gasteiger partial charge in [-0.1, -0.05) is 6.07 Å². The largest absolute Gasteiger partial charge is 0.503 e. The molecular formula is C21H19F2N3O5. The smallest absolute Gasteiger partial charge is 0.276 e. The molecule has 1 saturated heterocycles. The average molecular weight is 431 g/mol. The summed E-state index contributed by atoms with van der Waals surface area (Å²) < 4.78 is 34.0. The molecule has 8 nitrogen and oxygen atoms in total. The molecule has 2 aliphatic heterocycles. The lowest BCUT2D eigenvalue weighted by Crippen LogP contribution is -2.56. The van der Waals surface area contributed by atoms with Crippen LogP contribution >= 0.6 is 0 Å². The van der Waals surface area contributed by atoms with Crippen LogP contribution in [0.2, 0.25) is 0 Å². The maximum Gasteiger partial charge on any atom is 0.276 e. The van der Waals surface area contributed by atoms with Crippen LogP contribution in [0.15, 0.2) is 29.2 Å². The first-order valence-electron chi connectivity index (χ1n) is 9.89. The molecule has 2 N–H and O–H groups in total. The molecule has 1 spiro atoms. The predicted octanol–water partition coefficient (Wildman–Crippen LogP) is 1.35. The highest BCUT2D eigenvalue weighted by Crippen LogP contribution is 2.50. The third-order valence-corrected chi connectivity index (χ3v) is 6.16. The number of amides is 2. The number of nitrogens with zero attached hydrogens (tertiary/aromatic N) is 2. The van der Waals surface area contributed by atoms with Crippen molar-refractivity contribution in [3.8, 4) is 5.75 Å². The number of aromatic nitrogens is 1. The molecule has 1 aromatic carbocycles. The van der Waals surface area contributed by atoms with E-state index in [1.165, 1.54) is 21.7 Å². The van der Waals surface area contributed by atoms with E-state index in [9.17, 15) is 28.3 Å². The van der Waals surface area contributed by atoms with E-state index in [1.807, 2.05) is 0 Å². The molecule has 0 bridgehead atoms. The van der Waals surface area contributed by atoms with Crippen LogP contribution in [-0.2, 0) is 17.8 Å². The summed E-state index contributed by atoms with van der Waals surface area (Å²) in [5.74, 6) is -3.76. The number of aromatic hydroxyl groups is 1. The Morgan fingerprint density at radius 2 is 2.06 bits per heavy atom. The number of rotatable bonds is 3. The molecule has 0 radical (unpaired) electrons. The highest BCUT2D eigenvalue weighted by molar-refractivity contribution is 5.99. The molecule has 1 aliphatic carbocycles. The molecule has 162 valence electrons. The summed E-state index contributed by atoms with van der Waals surface area (Å²) in [4.78, 5) is 39.6. The summed E-state index contributed by atoms with van der Waals surface area (Å²) in [7, 11) is 0. The number of halogens is 2. The van der Waals surface area contributed by atoms with Crippen LogP contribution < -0.4 is 10.7 Å². The van der Waals surface area contributed by atoms with Gasteiger partial charge in [0.2, 0.25) is 5.43 Å². The SMILES string of the molecule is O=C(NCc1ccc(F)cc1F)c1cn2c(c(O)c1=O)C(=O)N1CC3(CC3)COC1C2. The second kappa shape index (κ2) is 6.88. The number of carbonyl (C=O) groups excluding carboxylic acids is 2. The Balaban J connectivity index is 1.41. The zero-order valence-corrected chi connectivity index (χ0v) is 16.4. The molecule has 1 atom stereocenters. The van der Waals surface area contributed by atoms with Gasteiger partial charge in [-0.15, -0.1) is 0 Å². The third kappa shape index (κ3) is 3.27. The van der Waals surface area contributed by atoms with Crippen molar-refractivity contribution in [2.45, 2.75) is 32.2 Å². The van der Waals surface area contributed by atoms with Gasteiger partial charge in [0.25, 0.3) is 11.8 Å². The summed E-state index contributed by atoms with van der Waals surface area (Å²) in [6.45, 7) is 0.931. The lowest BCUT2D eigenvalue weighted by molar-refractivity contribution is -0.121. The van der Waals surface area contributed by atoms with Gasteiger partial charge >= 0.3 is 0 Å². The molecule has 3 heterocycles. The molecule has 2 amide bonds. The molecule has 2 aromatic rings. The zero-order valence-electron chi connectivity index (χ0n) is 16.4. The van der Waals surface area contributed by atoms with Crippen LogP contribution in [0.4, 0.5) is 8.78 Å². The lowest BCUT2D eigenvalue weighted by Gasteiger charge is -2.43. The van der Waals surface area contributed by atoms with Crippen molar-refractivity contribution in [2.75, 3.05) is 13.2 Å². The fourth-order valence-corrected chi connectivity index (χ4v) is 4.12. The quantitative estimate of drug-likeness (QED) is 0.764. The van der Waals surface area contributed by atoms with Crippen LogP contribution in [0.1, 0.15) is 39.3 Å². The predicted molar refractivity (Wildman–Crippen MR) is 102 cm³/mol. The molecule has 10 heteroatoms. The van der Waals surface area contributed by atoms with Gasteiger partial charge in [-0.05, 0) is 18.9 Å². The second-order valence-electron chi connectivity index (χ2n) is 8.34. The van der Waals surface area contributed by atoms with Gasteiger partial charge in [0, 0.05) is 36.3 Å². The maximum atomic E-state index is 13.8. The van der Waals surface area contributed by atoms with Crippen molar-refractivity contribution in [2.24, 2.45) is 5.41 Å². The fraction of sp³-hybridized carbons (Fsp3) is 0.381. The summed E-state index contributed by atoms with van der Waals surface area (Å²) in [6, 6.07) is 2.92. The van der Waals surface area contributed by atoms with E-state index in [-0.39, 0.29) is 35.3 Å². The summed E-state index contributed by atoms with van der Waals surface area (Å²) in [6.07, 6.45) is 2.59. The van der Waals surface area contributed by atoms with Crippen molar-refractivity contribution in [1.82, 2.24) is 14.8 Å². The second-order valence-corrected chi connectivity index (χ2v) is 8.34. The number of nitrogens with one attached hydrogen (secondary N) is 1. The van der Waals surface area contributed by atoms with E-state index < -0.39 is 40.9 Å². The van der Waals surface area contributed by atoms with Crippen molar-refractivity contribution in [1.29, 1.82) is 0 Å². The number of ether oxygens (including phenoxy) is 1. The molecule has 31 heavy (non-hydrogen) atoms. The van der Waals surface area contributed by atoms with Gasteiger partial charge in [0.05, 0.1) is 13.2 Å². The minimum absolute atomic E-state index is 0.0281. The van der Waals surface area contributed by atoms with E-state index in [0.717, 1.165) is 18.9 Å². The summed E-state index contributed by atoms with van der Waals surface area (Å²) >= 11 is 0. The van der Waals surface area contributed by atoms with Crippen LogP contribution in [0.3, 0.4) is 0 Å². The normalized spacial score (nSPS) is 20.9. The number of carbonyl (C=O) groups is 2. The molecule has 1 unspecified atom stereocenters. The van der Waals surface area contributed by atoms with E-state index >= 15 is 0 Å². The minimum atomic E-state index is -0.991. The Hall–Kier alpha value is -3.27. The van der Waals surface area contributed by atoms with Gasteiger partial charge in [-0.25, -0.2) is 8.78 Å². The standard InChI is InChI=1S/C21H19F2N3O5/c22-12-2-1-11(14(23)5-12)6-24-19(29)13-7-25-8-15-26(9-21(3-4-21)10-31-15)20(30)16(25)18(28)17(13)27/h1-2,5,7,15,28H,3-4,6,8-10H2,(H,24,29). The van der Waals surface area contributed by atoms with Crippen LogP contribution in [0.5, 0.6) is 5.75 Å². The Kier molecular flexibility index (Phi) is 4.37. The molecule has 3 aliphatic rings. The van der Waals surface area contributed by atoms with Crippen LogP contribution in [0.25, 0.3) is 0 Å². The molecular weight excluding hydrogens is 412 g/mol. The average Bonchev–Trinajstić information content (AvgIpc) is 3.49. The highest BCUT2D eigenvalue weighted by Gasteiger charge is 2.52. The molecule has 1 saturated carbocycles. The minimum Gasteiger partial charge on any atom is -0.503 e. The van der Waals surface area contributed by atoms with Crippen LogP contribution in [-0.4, -0.2) is 45.8 Å². The third-order valence-electron chi connectivity index (χ3n) is 6.16. The van der Waals surface area contributed by atoms with Crippen molar-refractivity contribution in [3.63, 3.8) is 0 Å². The van der Waals surface area contributed by atoms with Gasteiger partial charge in [0.1, 0.15) is 17.2 Å². The van der Waals surface area contributed by atoms with Gasteiger partial charge in [-0.2, -0.15) is 0 Å². The van der Waals surface area contributed by atoms with E-state index in [1.54, 1.807) is 0 Å².